The Labute approximate surface area is 163 Å². The molecule has 0 aliphatic carbocycles. The summed E-state index contributed by atoms with van der Waals surface area (Å²) in [6.07, 6.45) is 1.55. The van der Waals surface area contributed by atoms with Crippen LogP contribution < -0.4 is 5.32 Å². The second-order valence-electron chi connectivity index (χ2n) is 5.91. The van der Waals surface area contributed by atoms with E-state index in [2.05, 4.69) is 10.3 Å². The molecule has 0 fully saturated rings. The molecule has 0 saturated carbocycles. The van der Waals surface area contributed by atoms with Gasteiger partial charge in [-0.2, -0.15) is 8.78 Å². The highest BCUT2D eigenvalue weighted by Gasteiger charge is 2.15. The van der Waals surface area contributed by atoms with E-state index in [-0.39, 0.29) is 5.91 Å². The number of nitrogens with zero attached hydrogens (tertiary/aromatic N) is 1. The number of pyridine rings is 1. The van der Waals surface area contributed by atoms with Crippen LogP contribution in [0.2, 0.25) is 0 Å². The third-order valence-corrected chi connectivity index (χ3v) is 4.79. The number of anilines is 1. The van der Waals surface area contributed by atoms with Crippen LogP contribution in [0.1, 0.15) is 10.4 Å². The standard InChI is InChI=1S/C21H14F2N2O2S/c22-21(23)28-14-9-7-13(8-10-14)24-20(26)16-12-18(19-6-3-11-27-19)25-17-5-2-1-4-15(16)17/h1-12,21H,(H,24,26). The van der Waals surface area contributed by atoms with Crippen molar-refractivity contribution in [2.24, 2.45) is 0 Å². The molecule has 0 atom stereocenters. The summed E-state index contributed by atoms with van der Waals surface area (Å²) in [6.45, 7) is 0. The van der Waals surface area contributed by atoms with Crippen LogP contribution in [-0.4, -0.2) is 16.6 Å². The maximum atomic E-state index is 12.9. The molecule has 4 rings (SSSR count). The zero-order valence-corrected chi connectivity index (χ0v) is 15.2. The van der Waals surface area contributed by atoms with E-state index < -0.39 is 5.76 Å². The Bertz CT molecular complexity index is 1110. The topological polar surface area (TPSA) is 55.1 Å². The Kier molecular flexibility index (Phi) is 5.08. The van der Waals surface area contributed by atoms with Crippen molar-refractivity contribution in [3.63, 3.8) is 0 Å². The van der Waals surface area contributed by atoms with E-state index in [1.807, 2.05) is 24.3 Å². The van der Waals surface area contributed by atoms with Crippen molar-refractivity contribution in [1.29, 1.82) is 0 Å². The summed E-state index contributed by atoms with van der Waals surface area (Å²) in [4.78, 5) is 17.9. The number of benzene rings is 2. The van der Waals surface area contributed by atoms with E-state index in [4.69, 9.17) is 4.42 Å². The molecule has 4 nitrogen and oxygen atoms in total. The van der Waals surface area contributed by atoms with E-state index in [1.54, 1.807) is 48.7 Å². The van der Waals surface area contributed by atoms with Gasteiger partial charge < -0.3 is 9.73 Å². The summed E-state index contributed by atoms with van der Waals surface area (Å²) in [5.74, 6) is -2.24. The van der Waals surface area contributed by atoms with Crippen molar-refractivity contribution in [3.05, 3.63) is 78.6 Å². The molecule has 2 aromatic heterocycles. The molecule has 0 aliphatic heterocycles. The van der Waals surface area contributed by atoms with Crippen molar-refractivity contribution in [2.45, 2.75) is 10.7 Å². The molecule has 140 valence electrons. The van der Waals surface area contributed by atoms with Gasteiger partial charge in [-0.1, -0.05) is 30.0 Å². The van der Waals surface area contributed by atoms with Crippen molar-refractivity contribution in [2.75, 3.05) is 5.32 Å². The predicted octanol–water partition coefficient (Wildman–Crippen LogP) is 6.06. The molecule has 0 saturated heterocycles. The number of furan rings is 1. The third kappa shape index (κ3) is 3.89. The number of alkyl halides is 2. The minimum Gasteiger partial charge on any atom is -0.463 e. The zero-order chi connectivity index (χ0) is 19.5. The van der Waals surface area contributed by atoms with Crippen LogP contribution in [-0.2, 0) is 0 Å². The number of aromatic nitrogens is 1. The average Bonchev–Trinajstić information content (AvgIpc) is 3.23. The van der Waals surface area contributed by atoms with Crippen LogP contribution >= 0.6 is 11.8 Å². The normalized spacial score (nSPS) is 11.1. The van der Waals surface area contributed by atoms with Gasteiger partial charge in [-0.15, -0.1) is 0 Å². The van der Waals surface area contributed by atoms with Gasteiger partial charge in [0.05, 0.1) is 17.3 Å². The maximum absolute atomic E-state index is 12.9. The van der Waals surface area contributed by atoms with Crippen LogP contribution in [0.3, 0.4) is 0 Å². The van der Waals surface area contributed by atoms with Gasteiger partial charge in [-0.05, 0) is 48.5 Å². The van der Waals surface area contributed by atoms with Crippen LogP contribution in [0.5, 0.6) is 0 Å². The first-order valence-corrected chi connectivity index (χ1v) is 9.28. The van der Waals surface area contributed by atoms with Gasteiger partial charge in [0, 0.05) is 16.0 Å². The lowest BCUT2D eigenvalue weighted by molar-refractivity contribution is 0.102. The van der Waals surface area contributed by atoms with Gasteiger partial charge in [0.25, 0.3) is 11.7 Å². The first kappa shape index (κ1) is 18.2. The van der Waals surface area contributed by atoms with Gasteiger partial charge in [0.15, 0.2) is 5.76 Å². The molecule has 0 radical (unpaired) electrons. The Morgan fingerprint density at radius 2 is 1.82 bits per heavy atom. The minimum atomic E-state index is -2.48. The van der Waals surface area contributed by atoms with Gasteiger partial charge >= 0.3 is 0 Å². The van der Waals surface area contributed by atoms with Crippen molar-refractivity contribution in [3.8, 4) is 11.5 Å². The monoisotopic (exact) mass is 396 g/mol. The summed E-state index contributed by atoms with van der Waals surface area (Å²) < 4.78 is 30.3. The van der Waals surface area contributed by atoms with Crippen LogP contribution in [0, 0.1) is 0 Å². The fraction of sp³-hybridized carbons (Fsp3) is 0.0476. The fourth-order valence-corrected chi connectivity index (χ4v) is 3.33. The van der Waals surface area contributed by atoms with Gasteiger partial charge in [0.1, 0.15) is 5.69 Å². The number of fused-ring (bicyclic) bond motifs is 1. The quantitative estimate of drug-likeness (QED) is 0.417. The number of thioether (sulfide) groups is 1. The van der Waals surface area contributed by atoms with Gasteiger partial charge in [-0.3, -0.25) is 4.79 Å². The Hall–Kier alpha value is -3.19. The summed E-state index contributed by atoms with van der Waals surface area (Å²) in [5.41, 5.74) is 2.19. The smallest absolute Gasteiger partial charge is 0.288 e. The second-order valence-corrected chi connectivity index (χ2v) is 6.97. The van der Waals surface area contributed by atoms with Crippen molar-refractivity contribution >= 4 is 34.3 Å². The Morgan fingerprint density at radius 3 is 2.54 bits per heavy atom. The number of para-hydroxylation sites is 1. The molecular formula is C21H14F2N2O2S. The Morgan fingerprint density at radius 1 is 1.04 bits per heavy atom. The molecule has 2 aromatic carbocycles. The highest BCUT2D eigenvalue weighted by atomic mass is 32.2. The molecule has 1 amide bonds. The fourth-order valence-electron chi connectivity index (χ4n) is 2.83. The third-order valence-electron chi connectivity index (χ3n) is 4.07. The number of amides is 1. The molecule has 0 bridgehead atoms. The average molecular weight is 396 g/mol. The number of carbonyl (C=O) groups is 1. The Balaban J connectivity index is 1.66. The molecule has 0 aliphatic rings. The SMILES string of the molecule is O=C(Nc1ccc(SC(F)F)cc1)c1cc(-c2ccco2)nc2ccccc12. The number of hydrogen-bond acceptors (Lipinski definition) is 4. The molecule has 0 spiro atoms. The highest BCUT2D eigenvalue weighted by Crippen LogP contribution is 2.28. The van der Waals surface area contributed by atoms with E-state index in [1.165, 1.54) is 0 Å². The maximum Gasteiger partial charge on any atom is 0.288 e. The predicted molar refractivity (Wildman–Crippen MR) is 106 cm³/mol. The summed E-state index contributed by atoms with van der Waals surface area (Å²) in [5, 5.41) is 3.52. The molecule has 4 aromatic rings. The first-order chi connectivity index (χ1) is 13.6. The van der Waals surface area contributed by atoms with Crippen LogP contribution in [0.25, 0.3) is 22.4 Å². The lowest BCUT2D eigenvalue weighted by Crippen LogP contribution is -2.13. The molecule has 2 heterocycles. The largest absolute Gasteiger partial charge is 0.463 e. The van der Waals surface area contributed by atoms with Crippen molar-refractivity contribution < 1.29 is 18.0 Å². The van der Waals surface area contributed by atoms with Gasteiger partial charge in [0.2, 0.25) is 0 Å². The summed E-state index contributed by atoms with van der Waals surface area (Å²) in [6, 6.07) is 18.8. The summed E-state index contributed by atoms with van der Waals surface area (Å²) >= 11 is 0.460. The molecule has 28 heavy (non-hydrogen) atoms. The van der Waals surface area contributed by atoms with Gasteiger partial charge in [-0.25, -0.2) is 4.98 Å². The molecule has 7 heteroatoms. The lowest BCUT2D eigenvalue weighted by atomic mass is 10.1. The number of hydrogen-bond donors (Lipinski definition) is 1. The second kappa shape index (κ2) is 7.82. The number of rotatable bonds is 5. The van der Waals surface area contributed by atoms with E-state index in [9.17, 15) is 13.6 Å². The lowest BCUT2D eigenvalue weighted by Gasteiger charge is -2.10. The molecule has 1 N–H and O–H groups in total. The number of nitrogens with one attached hydrogen (secondary N) is 1. The van der Waals surface area contributed by atoms with Crippen LogP contribution in [0.15, 0.2) is 82.3 Å². The zero-order valence-electron chi connectivity index (χ0n) is 14.4. The molecule has 0 unspecified atom stereocenters. The molecular weight excluding hydrogens is 382 g/mol. The van der Waals surface area contributed by atoms with E-state index in [0.29, 0.717) is 50.3 Å². The highest BCUT2D eigenvalue weighted by molar-refractivity contribution is 7.99. The number of halogens is 2. The van der Waals surface area contributed by atoms with Crippen molar-refractivity contribution in [1.82, 2.24) is 4.98 Å². The minimum absolute atomic E-state index is 0.319. The van der Waals surface area contributed by atoms with E-state index >= 15 is 0 Å². The first-order valence-electron chi connectivity index (χ1n) is 8.40. The number of carbonyl (C=O) groups excluding carboxylic acids is 1. The van der Waals surface area contributed by atoms with E-state index in [0.717, 1.165) is 0 Å². The van der Waals surface area contributed by atoms with Crippen LogP contribution in [0.4, 0.5) is 14.5 Å². The summed E-state index contributed by atoms with van der Waals surface area (Å²) in [7, 11) is 0.